The number of nitrogens with zero attached hydrogens (tertiary/aromatic N) is 10. The lowest BCUT2D eigenvalue weighted by Gasteiger charge is -2.15. The van der Waals surface area contributed by atoms with E-state index in [0.29, 0.717) is 24.5 Å². The van der Waals surface area contributed by atoms with E-state index in [2.05, 4.69) is 50.5 Å². The van der Waals surface area contributed by atoms with E-state index in [0.717, 1.165) is 0 Å². The van der Waals surface area contributed by atoms with E-state index in [1.165, 1.54) is 25.3 Å². The van der Waals surface area contributed by atoms with Crippen LogP contribution >= 0.6 is 8.25 Å². The maximum Gasteiger partial charge on any atom is 0.319 e. The fourth-order valence-electron chi connectivity index (χ4n) is 2.82. The lowest BCUT2D eigenvalue weighted by Crippen LogP contribution is -2.15. The van der Waals surface area contributed by atoms with E-state index in [9.17, 15) is 4.57 Å². The summed E-state index contributed by atoms with van der Waals surface area (Å²) < 4.78 is 26.1. The molecule has 2 N–H and O–H groups in total. The molecule has 16 heteroatoms. The van der Waals surface area contributed by atoms with Crippen molar-refractivity contribution in [2.75, 3.05) is 13.2 Å². The van der Waals surface area contributed by atoms with Crippen LogP contribution in [0.15, 0.2) is 38.0 Å². The molecule has 0 aliphatic carbocycles. The first kappa shape index (κ1) is 20.0. The van der Waals surface area contributed by atoms with Gasteiger partial charge < -0.3 is 9.05 Å². The van der Waals surface area contributed by atoms with Crippen molar-refractivity contribution >= 4 is 8.25 Å². The number of H-pyrrole nitrogens is 2. The summed E-state index contributed by atoms with van der Waals surface area (Å²) in [5.41, 5.74) is 0. The van der Waals surface area contributed by atoms with Gasteiger partial charge in [-0.1, -0.05) is 0 Å². The van der Waals surface area contributed by atoms with Gasteiger partial charge in [0.2, 0.25) is 0 Å². The van der Waals surface area contributed by atoms with E-state index < -0.39 is 8.25 Å². The highest BCUT2D eigenvalue weighted by Crippen LogP contribution is 2.28. The van der Waals surface area contributed by atoms with Crippen LogP contribution in [0.3, 0.4) is 0 Å². The molecule has 0 amide bonds. The van der Waals surface area contributed by atoms with Gasteiger partial charge >= 0.3 is 8.25 Å². The highest BCUT2D eigenvalue weighted by Gasteiger charge is 2.20. The summed E-state index contributed by atoms with van der Waals surface area (Å²) >= 11 is 0. The third kappa shape index (κ3) is 5.00. The molecule has 0 saturated heterocycles. The van der Waals surface area contributed by atoms with Gasteiger partial charge in [0.15, 0.2) is 11.6 Å². The van der Waals surface area contributed by atoms with Crippen molar-refractivity contribution < 1.29 is 13.6 Å². The van der Waals surface area contributed by atoms with Crippen LogP contribution < -0.4 is 0 Å². The molecule has 2 atom stereocenters. The Labute approximate surface area is 170 Å². The third-order valence-corrected chi connectivity index (χ3v) is 5.08. The van der Waals surface area contributed by atoms with Gasteiger partial charge in [-0.2, -0.15) is 20.4 Å². The first-order valence-electron chi connectivity index (χ1n) is 9.00. The molecular weight excluding hydrogens is 415 g/mol. The minimum atomic E-state index is -2.69. The van der Waals surface area contributed by atoms with Crippen LogP contribution in [0.2, 0.25) is 0 Å². The number of hydrogen-bond donors (Lipinski definition) is 2. The van der Waals surface area contributed by atoms with Crippen molar-refractivity contribution in [3.63, 3.8) is 0 Å². The Kier molecular flexibility index (Phi) is 6.64. The average molecular weight is 434 g/mol. The van der Waals surface area contributed by atoms with Crippen molar-refractivity contribution in [3.05, 3.63) is 49.6 Å². The number of aromatic amines is 2. The molecule has 15 nitrogen and oxygen atoms in total. The minimum Gasteiger partial charge on any atom is -0.311 e. The van der Waals surface area contributed by atoms with Gasteiger partial charge in [0.25, 0.3) is 0 Å². The topological polar surface area (TPSA) is 180 Å². The summed E-state index contributed by atoms with van der Waals surface area (Å²) in [6, 6.07) is -0.591. The Morgan fingerprint density at radius 2 is 1.37 bits per heavy atom. The second-order valence-electron chi connectivity index (χ2n) is 6.02. The molecule has 0 aliphatic heterocycles. The van der Waals surface area contributed by atoms with Crippen LogP contribution in [-0.4, -0.2) is 73.1 Å². The molecule has 0 radical (unpaired) electrons. The number of aromatic nitrogens is 12. The molecular formula is C14H19N12O3P. The Bertz CT molecular complexity index is 841. The fraction of sp³-hybridized carbons (Fsp3) is 0.429. The van der Waals surface area contributed by atoms with Gasteiger partial charge in [-0.05, 0) is 0 Å². The van der Waals surface area contributed by atoms with Gasteiger partial charge in [-0.25, -0.2) is 29.3 Å². The molecule has 0 aromatic carbocycles. The summed E-state index contributed by atoms with van der Waals surface area (Å²) in [6.45, 7) is 0.342. The van der Waals surface area contributed by atoms with Crippen LogP contribution in [-0.2, 0) is 13.6 Å². The van der Waals surface area contributed by atoms with Crippen molar-refractivity contribution in [1.29, 1.82) is 0 Å². The lowest BCUT2D eigenvalue weighted by atomic mass is 10.2. The predicted molar refractivity (Wildman–Crippen MR) is 99.2 cm³/mol. The molecule has 2 unspecified atom stereocenters. The zero-order chi connectivity index (χ0) is 20.6. The first-order valence-corrected chi connectivity index (χ1v) is 10.2. The normalized spacial score (nSPS) is 14.5. The first-order chi connectivity index (χ1) is 14.8. The molecule has 4 aromatic heterocycles. The molecule has 158 valence electrons. The van der Waals surface area contributed by atoms with Crippen molar-refractivity contribution in [2.24, 2.45) is 0 Å². The molecule has 4 aromatic rings. The van der Waals surface area contributed by atoms with Gasteiger partial charge in [-0.15, -0.1) is 0 Å². The Morgan fingerprint density at radius 1 is 0.867 bits per heavy atom. The van der Waals surface area contributed by atoms with Gasteiger partial charge in [0.1, 0.15) is 50.0 Å². The second kappa shape index (κ2) is 9.96. The van der Waals surface area contributed by atoms with E-state index in [-0.39, 0.29) is 25.3 Å². The van der Waals surface area contributed by atoms with Crippen LogP contribution in [0.5, 0.6) is 0 Å². The van der Waals surface area contributed by atoms with Crippen LogP contribution in [0.4, 0.5) is 0 Å². The standard InChI is InChI=1S/C14H19N12O3P/c27-30(28-3-1-11(13-17-7-19-23-13)25-9-15-5-21-25)29-4-2-12(14-18-8-20-24-14)26-10-16-6-22-26/h5-12,30H,1-4H2,(H,17,19,23)(H,18,20,24). The van der Waals surface area contributed by atoms with Crippen LogP contribution in [0.1, 0.15) is 36.6 Å². The summed E-state index contributed by atoms with van der Waals surface area (Å²) in [6.07, 6.45) is 9.82. The number of hydrogen-bond acceptors (Lipinski definition) is 11. The van der Waals surface area contributed by atoms with E-state index in [4.69, 9.17) is 9.05 Å². The maximum atomic E-state index is 12.1. The predicted octanol–water partition coefficient (Wildman–Crippen LogP) is 0.188. The highest BCUT2D eigenvalue weighted by molar-refractivity contribution is 7.33. The molecule has 0 spiro atoms. The largest absolute Gasteiger partial charge is 0.319 e. The monoisotopic (exact) mass is 434 g/mol. The zero-order valence-corrected chi connectivity index (χ0v) is 16.6. The summed E-state index contributed by atoms with van der Waals surface area (Å²) in [5.74, 6) is 1.07. The summed E-state index contributed by atoms with van der Waals surface area (Å²) in [7, 11) is -2.69. The second-order valence-corrected chi connectivity index (χ2v) is 7.10. The van der Waals surface area contributed by atoms with E-state index in [1.807, 2.05) is 0 Å². The highest BCUT2D eigenvalue weighted by atomic mass is 31.1. The van der Waals surface area contributed by atoms with Gasteiger partial charge in [0, 0.05) is 12.8 Å². The summed E-state index contributed by atoms with van der Waals surface area (Å²) in [4.78, 5) is 16.2. The minimum absolute atomic E-state index is 0.171. The number of nitrogens with one attached hydrogen (secondary N) is 2. The maximum absolute atomic E-state index is 12.1. The lowest BCUT2D eigenvalue weighted by molar-refractivity contribution is 0.205. The van der Waals surface area contributed by atoms with Gasteiger partial charge in [0.05, 0.1) is 13.2 Å². The zero-order valence-electron chi connectivity index (χ0n) is 15.6. The molecule has 0 aliphatic rings. The SMILES string of the molecule is O=[PH](OCCC(c1nc[nH]n1)n1cncn1)OCCC(c1nc[nH]n1)n1cncn1. The quantitative estimate of drug-likeness (QED) is 0.290. The van der Waals surface area contributed by atoms with E-state index in [1.54, 1.807) is 22.0 Å². The molecule has 4 rings (SSSR count). The van der Waals surface area contributed by atoms with Crippen LogP contribution in [0.25, 0.3) is 0 Å². The third-order valence-electron chi connectivity index (χ3n) is 4.20. The molecule has 4 heterocycles. The molecule has 0 fully saturated rings. The molecule has 0 saturated carbocycles. The Hall–Kier alpha value is -3.29. The van der Waals surface area contributed by atoms with Crippen molar-refractivity contribution in [2.45, 2.75) is 24.9 Å². The average Bonchev–Trinajstić information content (AvgIpc) is 3.58. The Balaban J connectivity index is 1.25. The van der Waals surface area contributed by atoms with E-state index >= 15 is 0 Å². The molecule has 0 bridgehead atoms. The number of rotatable bonds is 12. The summed E-state index contributed by atoms with van der Waals surface area (Å²) in [5, 5.41) is 21.7. The van der Waals surface area contributed by atoms with Crippen LogP contribution in [0, 0.1) is 0 Å². The van der Waals surface area contributed by atoms with Crippen molar-refractivity contribution in [3.8, 4) is 0 Å². The molecule has 30 heavy (non-hydrogen) atoms. The fourth-order valence-corrected chi connectivity index (χ4v) is 3.48. The Morgan fingerprint density at radius 3 is 1.73 bits per heavy atom. The van der Waals surface area contributed by atoms with Gasteiger partial charge in [-0.3, -0.25) is 14.8 Å². The smallest absolute Gasteiger partial charge is 0.311 e. The van der Waals surface area contributed by atoms with Crippen molar-refractivity contribution in [1.82, 2.24) is 59.9 Å².